The molecule has 0 amide bonds. The molecule has 1 saturated carbocycles. The van der Waals surface area contributed by atoms with E-state index in [4.69, 9.17) is 5.73 Å². The van der Waals surface area contributed by atoms with Gasteiger partial charge in [-0.15, -0.1) is 0 Å². The van der Waals surface area contributed by atoms with E-state index in [1.54, 1.807) is 6.92 Å². The van der Waals surface area contributed by atoms with Crippen LogP contribution in [0, 0.1) is 18.7 Å². The molecule has 1 fully saturated rings. The molecular formula is C22H20F6N4O2S. The molecule has 6 nitrogen and oxygen atoms in total. The summed E-state index contributed by atoms with van der Waals surface area (Å²) in [6.45, 7) is 1.39. The first-order chi connectivity index (χ1) is 16.2. The van der Waals surface area contributed by atoms with Crippen molar-refractivity contribution < 1.29 is 35.9 Å². The van der Waals surface area contributed by atoms with Gasteiger partial charge >= 0.3 is 6.18 Å². The summed E-state index contributed by atoms with van der Waals surface area (Å²) in [5.41, 5.74) is 4.89. The van der Waals surface area contributed by atoms with E-state index in [0.717, 1.165) is 24.0 Å². The molecule has 0 saturated heterocycles. The fourth-order valence-corrected chi connectivity index (χ4v) is 5.74. The smallest absolute Gasteiger partial charge is 0.422 e. The van der Waals surface area contributed by atoms with Crippen molar-refractivity contribution in [2.75, 3.05) is 6.61 Å². The van der Waals surface area contributed by atoms with E-state index < -0.39 is 47.0 Å². The molecular weight excluding hydrogens is 498 g/mol. The number of aryl methyl sites for hydroxylation is 1. The van der Waals surface area contributed by atoms with Crippen molar-refractivity contribution in [1.82, 2.24) is 9.97 Å². The molecule has 1 aliphatic carbocycles. The number of alkyl halides is 5. The number of fused-ring (bicyclic) bond motifs is 1. The Morgan fingerprint density at radius 1 is 1.34 bits per heavy atom. The third-order valence-electron chi connectivity index (χ3n) is 6.15. The van der Waals surface area contributed by atoms with E-state index in [1.165, 1.54) is 19.1 Å². The summed E-state index contributed by atoms with van der Waals surface area (Å²) in [5.74, 6) is -2.20. The number of Topliss-reactive ketones (excluding diaryl/α,β-unsaturated/α-hetero) is 1. The Hall–Kier alpha value is -2.83. The summed E-state index contributed by atoms with van der Waals surface area (Å²) in [4.78, 5) is 24.8. The molecule has 2 aromatic rings. The molecule has 188 valence electrons. The zero-order valence-corrected chi connectivity index (χ0v) is 19.3. The normalized spacial score (nSPS) is 25.7. The van der Waals surface area contributed by atoms with Gasteiger partial charge in [-0.25, -0.2) is 23.1 Å². The summed E-state index contributed by atoms with van der Waals surface area (Å²) < 4.78 is 82.4. The lowest BCUT2D eigenvalue weighted by molar-refractivity contribution is -0.154. The van der Waals surface area contributed by atoms with Gasteiger partial charge in [0.05, 0.1) is 22.2 Å². The van der Waals surface area contributed by atoms with E-state index in [0.29, 0.717) is 5.56 Å². The van der Waals surface area contributed by atoms with Crippen LogP contribution in [0.2, 0.25) is 0 Å². The van der Waals surface area contributed by atoms with Gasteiger partial charge < -0.3 is 10.5 Å². The monoisotopic (exact) mass is 518 g/mol. The number of nitrogens with zero attached hydrogens (tertiary/aromatic N) is 3. The van der Waals surface area contributed by atoms with Crippen molar-refractivity contribution in [2.24, 2.45) is 16.6 Å². The Bertz CT molecular complexity index is 1210. The highest BCUT2D eigenvalue weighted by atomic mass is 32.2. The maximum Gasteiger partial charge on any atom is 0.422 e. The van der Waals surface area contributed by atoms with Crippen molar-refractivity contribution in [2.45, 2.75) is 49.6 Å². The number of aromatic nitrogens is 2. The number of rotatable bonds is 7. The average Bonchev–Trinajstić information content (AvgIpc) is 3.50. The zero-order valence-electron chi connectivity index (χ0n) is 18.5. The maximum atomic E-state index is 14.9. The van der Waals surface area contributed by atoms with Crippen molar-refractivity contribution in [1.29, 1.82) is 0 Å². The summed E-state index contributed by atoms with van der Waals surface area (Å²) in [5, 5.41) is -0.0545. The fourth-order valence-electron chi connectivity index (χ4n) is 4.40. The Kier molecular flexibility index (Phi) is 6.27. The predicted octanol–water partition coefficient (Wildman–Crippen LogP) is 4.59. The predicted molar refractivity (Wildman–Crippen MR) is 116 cm³/mol. The summed E-state index contributed by atoms with van der Waals surface area (Å²) in [7, 11) is 0. The summed E-state index contributed by atoms with van der Waals surface area (Å²) in [6.07, 6.45) is -6.42. The van der Waals surface area contributed by atoms with Gasteiger partial charge in [0.1, 0.15) is 11.5 Å². The first kappa shape index (κ1) is 25.3. The minimum Gasteiger partial charge on any atom is -0.467 e. The number of hydrogen-bond acceptors (Lipinski definition) is 7. The molecule has 1 aliphatic heterocycles. The van der Waals surface area contributed by atoms with E-state index in [-0.39, 0.29) is 40.8 Å². The number of halogens is 6. The Balaban J connectivity index is 1.56. The molecule has 4 rings (SSSR count). The molecule has 3 atom stereocenters. The molecule has 0 spiro atoms. The third kappa shape index (κ3) is 4.82. The number of ketones is 1. The number of carbonyl (C=O) groups is 1. The van der Waals surface area contributed by atoms with Gasteiger partial charge in [0.15, 0.2) is 17.6 Å². The largest absolute Gasteiger partial charge is 0.467 e. The second kappa shape index (κ2) is 8.68. The molecule has 2 heterocycles. The second-order valence-electron chi connectivity index (χ2n) is 8.67. The fraction of sp³-hybridized carbons (Fsp3) is 0.455. The zero-order chi connectivity index (χ0) is 25.8. The highest BCUT2D eigenvalue weighted by Crippen LogP contribution is 2.68. The van der Waals surface area contributed by atoms with E-state index >= 15 is 0 Å². The van der Waals surface area contributed by atoms with Gasteiger partial charge in [-0.3, -0.25) is 9.79 Å². The van der Waals surface area contributed by atoms with Crippen LogP contribution in [0.5, 0.6) is 5.88 Å². The lowest BCUT2D eigenvalue weighted by Gasteiger charge is -2.34. The average molecular weight is 518 g/mol. The van der Waals surface area contributed by atoms with Gasteiger partial charge in [-0.05, 0) is 38.0 Å². The van der Waals surface area contributed by atoms with Crippen LogP contribution in [0.4, 0.5) is 26.3 Å². The first-order valence-electron chi connectivity index (χ1n) is 10.4. The van der Waals surface area contributed by atoms with Crippen molar-refractivity contribution in [3.8, 4) is 5.88 Å². The van der Waals surface area contributed by atoms with Crippen LogP contribution in [0.3, 0.4) is 0 Å². The van der Waals surface area contributed by atoms with Gasteiger partial charge in [0, 0.05) is 17.9 Å². The molecule has 0 unspecified atom stereocenters. The van der Waals surface area contributed by atoms with Gasteiger partial charge in [0.2, 0.25) is 5.88 Å². The number of benzene rings is 1. The lowest BCUT2D eigenvalue weighted by Crippen LogP contribution is -2.39. The quantitative estimate of drug-likeness (QED) is 0.426. The first-order valence-corrected chi connectivity index (χ1v) is 11.2. The minimum absolute atomic E-state index is 0.0530. The van der Waals surface area contributed by atoms with Crippen LogP contribution in [0.15, 0.2) is 29.4 Å². The molecule has 0 bridgehead atoms. The summed E-state index contributed by atoms with van der Waals surface area (Å²) in [6, 6.07) is 3.91. The second-order valence-corrected chi connectivity index (χ2v) is 10.1. The number of amidine groups is 1. The van der Waals surface area contributed by atoms with Crippen molar-refractivity contribution in [3.63, 3.8) is 0 Å². The van der Waals surface area contributed by atoms with Gasteiger partial charge in [-0.1, -0.05) is 17.8 Å². The Morgan fingerprint density at radius 2 is 2.06 bits per heavy atom. The third-order valence-corrected chi connectivity index (χ3v) is 7.46. The van der Waals surface area contributed by atoms with Crippen molar-refractivity contribution in [3.05, 3.63) is 52.7 Å². The van der Waals surface area contributed by atoms with Crippen LogP contribution >= 0.6 is 11.8 Å². The number of ether oxygens (including phenoxy) is 1. The van der Waals surface area contributed by atoms with E-state index in [9.17, 15) is 31.1 Å². The molecule has 35 heavy (non-hydrogen) atoms. The van der Waals surface area contributed by atoms with Crippen LogP contribution in [0.1, 0.15) is 40.7 Å². The van der Waals surface area contributed by atoms with Gasteiger partial charge in [-0.2, -0.15) is 13.2 Å². The SMILES string of the molecule is Cc1nc(OCC(F)(F)F)cnc1C(=O)Cc1ccc(F)c([C@@]2(C)N=C(N)S[C@@]3(C(F)F)C[C@@H]23)c1. The van der Waals surface area contributed by atoms with Crippen LogP contribution in [-0.2, 0) is 12.0 Å². The van der Waals surface area contributed by atoms with E-state index in [1.807, 2.05) is 0 Å². The number of hydrogen-bond donors (Lipinski definition) is 1. The van der Waals surface area contributed by atoms with Crippen molar-refractivity contribution >= 4 is 22.7 Å². The topological polar surface area (TPSA) is 90.5 Å². The molecule has 2 aliphatic rings. The van der Waals surface area contributed by atoms with Crippen LogP contribution in [-0.4, -0.2) is 44.9 Å². The Labute approximate surface area is 200 Å². The number of nitrogens with two attached hydrogens (primary N) is 1. The highest BCUT2D eigenvalue weighted by molar-refractivity contribution is 8.15. The number of thioether (sulfide) groups is 1. The number of aliphatic imine (C=N–C) groups is 1. The standard InChI is InChI=1S/C22H20F6N4O2S/c1-10-17(30-8-16(31-10)34-9-22(26,27)28)14(33)6-11-3-4-13(23)12(5-11)20(2)15-7-21(15,18(24)25)35-19(29)32-20/h3-5,8,15,18H,6-7,9H2,1-2H3,(H2,29,32)/t15-,20+,21-/m0/s1. The Morgan fingerprint density at radius 3 is 2.69 bits per heavy atom. The molecule has 0 radical (unpaired) electrons. The molecule has 2 N–H and O–H groups in total. The molecule has 1 aromatic heterocycles. The van der Waals surface area contributed by atoms with Crippen LogP contribution in [0.25, 0.3) is 0 Å². The lowest BCUT2D eigenvalue weighted by atomic mass is 9.84. The number of carbonyl (C=O) groups excluding carboxylic acids is 1. The minimum atomic E-state index is -4.55. The van der Waals surface area contributed by atoms with Crippen LogP contribution < -0.4 is 10.5 Å². The van der Waals surface area contributed by atoms with E-state index in [2.05, 4.69) is 19.7 Å². The van der Waals surface area contributed by atoms with Gasteiger partial charge in [0.25, 0.3) is 6.43 Å². The molecule has 13 heteroatoms. The summed E-state index contributed by atoms with van der Waals surface area (Å²) >= 11 is 0.807. The maximum absolute atomic E-state index is 14.9. The molecule has 1 aromatic carbocycles. The highest BCUT2D eigenvalue weighted by Gasteiger charge is 2.71.